The maximum atomic E-state index is 12.3. The minimum absolute atomic E-state index is 0.0126. The second-order valence-corrected chi connectivity index (χ2v) is 10.2. The molecule has 0 aliphatic heterocycles. The number of aromatic nitrogens is 1. The van der Waals surface area contributed by atoms with Crippen molar-refractivity contribution in [1.82, 2.24) is 4.57 Å². The fourth-order valence-electron chi connectivity index (χ4n) is 4.46. The monoisotopic (exact) mass is 546 g/mol. The Bertz CT molecular complexity index is 1490. The average molecular weight is 547 g/mol. The van der Waals surface area contributed by atoms with Gasteiger partial charge in [0.1, 0.15) is 12.4 Å². The predicted molar refractivity (Wildman–Crippen MR) is 173 cm³/mol. The van der Waals surface area contributed by atoms with Crippen molar-refractivity contribution in [3.05, 3.63) is 132 Å². The Morgan fingerprint density at radius 2 is 1.68 bits per heavy atom. The first-order valence-corrected chi connectivity index (χ1v) is 14.2. The van der Waals surface area contributed by atoms with Crippen molar-refractivity contribution in [3.8, 4) is 22.7 Å². The molecule has 0 spiro atoms. The van der Waals surface area contributed by atoms with Crippen molar-refractivity contribution < 1.29 is 9.53 Å². The Morgan fingerprint density at radius 3 is 2.29 bits per heavy atom. The van der Waals surface area contributed by atoms with Crippen LogP contribution in [0.25, 0.3) is 16.9 Å². The van der Waals surface area contributed by atoms with Crippen LogP contribution in [-0.2, 0) is 6.61 Å². The van der Waals surface area contributed by atoms with E-state index in [4.69, 9.17) is 4.74 Å². The van der Waals surface area contributed by atoms with Crippen molar-refractivity contribution >= 4 is 12.0 Å². The summed E-state index contributed by atoms with van der Waals surface area (Å²) in [5.74, 6) is 1.00. The first-order valence-electron chi connectivity index (χ1n) is 14.2. The number of Topliss-reactive ketones (excluding diaryl/α,β-unsaturated/α-hetero) is 1. The van der Waals surface area contributed by atoms with Crippen LogP contribution in [0.15, 0.2) is 114 Å². The van der Waals surface area contributed by atoms with Crippen LogP contribution in [0.3, 0.4) is 0 Å². The second-order valence-electron chi connectivity index (χ2n) is 10.2. The molecule has 0 amide bonds. The fourth-order valence-corrected chi connectivity index (χ4v) is 4.46. The minimum Gasteiger partial charge on any atom is -0.488 e. The number of hydrogen-bond donors (Lipinski definition) is 0. The smallest absolute Gasteiger partial charge is 0.165 e. The van der Waals surface area contributed by atoms with E-state index >= 15 is 0 Å². The van der Waals surface area contributed by atoms with E-state index in [1.54, 1.807) is 12.3 Å². The first-order chi connectivity index (χ1) is 19.8. The SMILES string of the molecule is C=C/C=C(/CC)N=CC.Cc1ccc(OCc2ccccc2)c(-c2ccc(C)n2-c2ccc(C(=O)C(C)C)cc2)c1. The van der Waals surface area contributed by atoms with Gasteiger partial charge in [-0.3, -0.25) is 9.79 Å². The molecule has 4 heteroatoms. The third kappa shape index (κ3) is 8.52. The van der Waals surface area contributed by atoms with E-state index in [1.165, 1.54) is 5.56 Å². The molecule has 0 aliphatic rings. The predicted octanol–water partition coefficient (Wildman–Crippen LogP) is 9.74. The van der Waals surface area contributed by atoms with Crippen molar-refractivity contribution in [2.75, 3.05) is 0 Å². The van der Waals surface area contributed by atoms with Crippen molar-refractivity contribution in [2.45, 2.75) is 54.6 Å². The van der Waals surface area contributed by atoms with Crippen molar-refractivity contribution in [3.63, 3.8) is 0 Å². The molecule has 0 N–H and O–H groups in total. The van der Waals surface area contributed by atoms with Crippen LogP contribution in [-0.4, -0.2) is 16.6 Å². The highest BCUT2D eigenvalue weighted by atomic mass is 16.5. The maximum Gasteiger partial charge on any atom is 0.165 e. The molecule has 0 bridgehead atoms. The van der Waals surface area contributed by atoms with Crippen LogP contribution in [0.1, 0.15) is 61.3 Å². The van der Waals surface area contributed by atoms with Gasteiger partial charge in [-0.05, 0) is 87.4 Å². The number of hydrogen-bond acceptors (Lipinski definition) is 3. The Labute approximate surface area is 245 Å². The molecule has 0 saturated heterocycles. The van der Waals surface area contributed by atoms with Crippen molar-refractivity contribution in [1.29, 1.82) is 0 Å². The first kappa shape index (κ1) is 31.1. The molecule has 41 heavy (non-hydrogen) atoms. The van der Waals surface area contributed by atoms with E-state index in [0.29, 0.717) is 6.61 Å². The molecule has 212 valence electrons. The normalized spacial score (nSPS) is 11.3. The van der Waals surface area contributed by atoms with Gasteiger partial charge in [-0.15, -0.1) is 0 Å². The number of carbonyl (C=O) groups excluding carboxylic acids is 1. The van der Waals surface area contributed by atoms with Crippen LogP contribution < -0.4 is 4.74 Å². The Morgan fingerprint density at radius 1 is 0.976 bits per heavy atom. The van der Waals surface area contributed by atoms with Gasteiger partial charge in [0.25, 0.3) is 0 Å². The minimum atomic E-state index is -0.0126. The number of aryl methyl sites for hydroxylation is 2. The van der Waals surface area contributed by atoms with Gasteiger partial charge in [-0.2, -0.15) is 0 Å². The summed E-state index contributed by atoms with van der Waals surface area (Å²) in [4.78, 5) is 16.4. The molecule has 0 radical (unpaired) electrons. The van der Waals surface area contributed by atoms with Gasteiger partial charge < -0.3 is 9.30 Å². The molecule has 4 rings (SSSR count). The van der Waals surface area contributed by atoms with Gasteiger partial charge in [-0.25, -0.2) is 0 Å². The Kier molecular flexibility index (Phi) is 11.7. The summed E-state index contributed by atoms with van der Waals surface area (Å²) in [6.07, 6.45) is 6.43. The molecule has 1 heterocycles. The molecule has 4 aromatic rings. The maximum absolute atomic E-state index is 12.3. The molecule has 3 aromatic carbocycles. The number of rotatable bonds is 10. The topological polar surface area (TPSA) is 43.6 Å². The van der Waals surface area contributed by atoms with Gasteiger partial charge in [0.2, 0.25) is 0 Å². The van der Waals surface area contributed by atoms with E-state index < -0.39 is 0 Å². The molecule has 4 nitrogen and oxygen atoms in total. The highest BCUT2D eigenvalue weighted by molar-refractivity contribution is 5.97. The number of ether oxygens (including phenoxy) is 1. The molecule has 1 aromatic heterocycles. The molecule has 0 atom stereocenters. The lowest BCUT2D eigenvalue weighted by molar-refractivity contribution is 0.0939. The molecular weight excluding hydrogens is 504 g/mol. The van der Waals surface area contributed by atoms with Gasteiger partial charge in [0.05, 0.1) is 5.69 Å². The zero-order valence-electron chi connectivity index (χ0n) is 25.2. The van der Waals surface area contributed by atoms with Gasteiger partial charge in [-0.1, -0.05) is 75.4 Å². The van der Waals surface area contributed by atoms with Crippen LogP contribution in [0.4, 0.5) is 0 Å². The third-order valence-corrected chi connectivity index (χ3v) is 6.63. The molecule has 0 fully saturated rings. The number of nitrogens with zero attached hydrogens (tertiary/aromatic N) is 2. The number of aliphatic imine (C=N–C) groups is 1. The van der Waals surface area contributed by atoms with Crippen LogP contribution in [0.2, 0.25) is 0 Å². The Hall–Kier alpha value is -4.44. The van der Waals surface area contributed by atoms with E-state index in [-0.39, 0.29) is 11.7 Å². The Balaban J connectivity index is 0.000000445. The lowest BCUT2D eigenvalue weighted by Crippen LogP contribution is -2.08. The molecular formula is C37H42N2O2. The van der Waals surface area contributed by atoms with E-state index in [2.05, 4.69) is 73.3 Å². The summed E-state index contributed by atoms with van der Waals surface area (Å²) in [6, 6.07) is 28.6. The number of benzene rings is 3. The zero-order valence-corrected chi connectivity index (χ0v) is 25.2. The summed E-state index contributed by atoms with van der Waals surface area (Å²) in [7, 11) is 0. The summed E-state index contributed by atoms with van der Waals surface area (Å²) in [6.45, 7) is 16.1. The average Bonchev–Trinajstić information content (AvgIpc) is 3.37. The van der Waals surface area contributed by atoms with Gasteiger partial charge >= 0.3 is 0 Å². The second kappa shape index (κ2) is 15.4. The van der Waals surface area contributed by atoms with E-state index in [1.807, 2.05) is 75.4 Å². The van der Waals surface area contributed by atoms with Crippen molar-refractivity contribution in [2.24, 2.45) is 10.9 Å². The third-order valence-electron chi connectivity index (χ3n) is 6.63. The summed E-state index contributed by atoms with van der Waals surface area (Å²) >= 11 is 0. The quantitative estimate of drug-likeness (QED) is 0.113. The standard InChI is InChI=1S/C29H29NO2.C8H13N/c1-20(2)29(31)24-12-14-25(15-13-24)30-22(4)11-16-27(30)26-18-21(3)10-17-28(26)32-19-23-8-6-5-7-9-23;1-4-7-8(5-2)9-6-3/h5-18,20H,19H2,1-4H3;4,6-7H,1,5H2,2-3H3/b;8-7-,9-6?. The largest absolute Gasteiger partial charge is 0.488 e. The highest BCUT2D eigenvalue weighted by Gasteiger charge is 2.16. The van der Waals surface area contributed by atoms with Crippen LogP contribution in [0.5, 0.6) is 5.75 Å². The number of ketones is 1. The summed E-state index contributed by atoms with van der Waals surface area (Å²) in [5, 5.41) is 0. The number of carbonyl (C=O) groups is 1. The fraction of sp³-hybridized carbons (Fsp3) is 0.243. The van der Waals surface area contributed by atoms with E-state index in [0.717, 1.165) is 51.6 Å². The van der Waals surface area contributed by atoms with Gasteiger partial charge in [0.15, 0.2) is 5.78 Å². The lowest BCUT2D eigenvalue weighted by atomic mass is 10.0. The zero-order chi connectivity index (χ0) is 29.8. The molecule has 0 saturated carbocycles. The summed E-state index contributed by atoms with van der Waals surface area (Å²) < 4.78 is 8.47. The molecule has 0 unspecified atom stereocenters. The molecule has 0 aliphatic carbocycles. The lowest BCUT2D eigenvalue weighted by Gasteiger charge is -2.17. The van der Waals surface area contributed by atoms with E-state index in [9.17, 15) is 4.79 Å². The highest BCUT2D eigenvalue weighted by Crippen LogP contribution is 2.35. The summed E-state index contributed by atoms with van der Waals surface area (Å²) in [5.41, 5.74) is 8.40. The van der Waals surface area contributed by atoms with Crippen LogP contribution in [0, 0.1) is 19.8 Å². The van der Waals surface area contributed by atoms with Crippen LogP contribution >= 0.6 is 0 Å². The van der Waals surface area contributed by atoms with Gasteiger partial charge in [0, 0.05) is 40.3 Å². The number of allylic oxidation sites excluding steroid dienone is 3.